The van der Waals surface area contributed by atoms with E-state index in [0.717, 1.165) is 16.3 Å². The normalized spacial score (nSPS) is 11.3. The summed E-state index contributed by atoms with van der Waals surface area (Å²) >= 11 is 0. The van der Waals surface area contributed by atoms with E-state index in [4.69, 9.17) is 0 Å². The summed E-state index contributed by atoms with van der Waals surface area (Å²) in [5.74, 6) is -0.778. The third-order valence-corrected chi connectivity index (χ3v) is 4.80. The summed E-state index contributed by atoms with van der Waals surface area (Å²) in [6.07, 6.45) is -4.60. The first-order chi connectivity index (χ1) is 15.3. The number of nitrogens with zero attached hydrogens (tertiary/aromatic N) is 2. The monoisotopic (exact) mass is 438 g/mol. The third-order valence-electron chi connectivity index (χ3n) is 4.80. The van der Waals surface area contributed by atoms with E-state index in [1.165, 1.54) is 18.2 Å². The maximum Gasteiger partial charge on any atom is 0.418 e. The highest BCUT2D eigenvalue weighted by molar-refractivity contribution is 6.05. The lowest BCUT2D eigenvalue weighted by Crippen LogP contribution is -2.34. The molecule has 32 heavy (non-hydrogen) atoms. The predicted molar refractivity (Wildman–Crippen MR) is 114 cm³/mol. The summed E-state index contributed by atoms with van der Waals surface area (Å²) in [7, 11) is 0. The van der Waals surface area contributed by atoms with Gasteiger partial charge in [0.15, 0.2) is 5.69 Å². The standard InChI is InChI=1S/C23H17F3N4O2/c24-23(25,26)18-12-6-7-13-19(18)27-28-21(31)20-16-10-4-5-11-17(16)22(32)30(29-20)14-15-8-2-1-3-9-15/h1-13,27H,14H2,(H,28,31). The molecule has 1 heterocycles. The lowest BCUT2D eigenvalue weighted by Gasteiger charge is -2.15. The number of fused-ring (bicyclic) bond motifs is 1. The minimum absolute atomic E-state index is 0.0897. The summed E-state index contributed by atoms with van der Waals surface area (Å²) in [5, 5.41) is 4.78. The molecule has 1 amide bonds. The van der Waals surface area contributed by atoms with Crippen LogP contribution in [0.1, 0.15) is 21.6 Å². The molecule has 0 aliphatic carbocycles. The van der Waals surface area contributed by atoms with E-state index in [1.54, 1.807) is 24.3 Å². The molecule has 9 heteroatoms. The number of halogens is 3. The average Bonchev–Trinajstić information content (AvgIpc) is 2.79. The van der Waals surface area contributed by atoms with Gasteiger partial charge in [0.2, 0.25) is 0 Å². The van der Waals surface area contributed by atoms with Crippen molar-refractivity contribution >= 4 is 22.4 Å². The van der Waals surface area contributed by atoms with Crippen LogP contribution >= 0.6 is 0 Å². The van der Waals surface area contributed by atoms with E-state index in [0.29, 0.717) is 5.39 Å². The van der Waals surface area contributed by atoms with Gasteiger partial charge in [-0.15, -0.1) is 0 Å². The molecule has 2 N–H and O–H groups in total. The number of carbonyl (C=O) groups is 1. The molecule has 4 aromatic rings. The van der Waals surface area contributed by atoms with Crippen LogP contribution in [0.15, 0.2) is 83.7 Å². The second-order valence-electron chi connectivity index (χ2n) is 6.97. The number of hydrogen-bond acceptors (Lipinski definition) is 4. The number of hydrazine groups is 1. The molecule has 4 rings (SSSR count). The zero-order valence-electron chi connectivity index (χ0n) is 16.6. The van der Waals surface area contributed by atoms with Crippen molar-refractivity contribution in [3.05, 3.63) is 106 Å². The first-order valence-corrected chi connectivity index (χ1v) is 9.61. The van der Waals surface area contributed by atoms with Gasteiger partial charge in [-0.1, -0.05) is 60.7 Å². The van der Waals surface area contributed by atoms with Gasteiger partial charge < -0.3 is 0 Å². The predicted octanol–water partition coefficient (Wildman–Crippen LogP) is 4.22. The largest absolute Gasteiger partial charge is 0.418 e. The van der Waals surface area contributed by atoms with Gasteiger partial charge in [0.1, 0.15) is 0 Å². The first kappa shape index (κ1) is 21.1. The fraction of sp³-hybridized carbons (Fsp3) is 0.0870. The molecule has 0 saturated carbocycles. The smallest absolute Gasteiger partial charge is 0.298 e. The van der Waals surface area contributed by atoms with Gasteiger partial charge in [0, 0.05) is 5.39 Å². The fourth-order valence-electron chi connectivity index (χ4n) is 3.29. The Morgan fingerprint density at radius 3 is 2.22 bits per heavy atom. The third kappa shape index (κ3) is 4.31. The fourth-order valence-corrected chi connectivity index (χ4v) is 3.29. The molecule has 0 spiro atoms. The number of para-hydroxylation sites is 1. The second kappa shape index (κ2) is 8.54. The highest BCUT2D eigenvalue weighted by Gasteiger charge is 2.33. The Balaban J connectivity index is 1.69. The Morgan fingerprint density at radius 2 is 1.50 bits per heavy atom. The van der Waals surface area contributed by atoms with Crippen molar-refractivity contribution < 1.29 is 18.0 Å². The molecule has 0 unspecified atom stereocenters. The Hall–Kier alpha value is -4.14. The van der Waals surface area contributed by atoms with Crippen LogP contribution in [0.25, 0.3) is 10.8 Å². The SMILES string of the molecule is O=C(NNc1ccccc1C(F)(F)F)c1nn(Cc2ccccc2)c(=O)c2ccccc12. The molecule has 0 radical (unpaired) electrons. The van der Waals surface area contributed by atoms with Crippen LogP contribution in [-0.4, -0.2) is 15.7 Å². The number of carbonyl (C=O) groups excluding carboxylic acids is 1. The van der Waals surface area contributed by atoms with Crippen molar-refractivity contribution in [3.8, 4) is 0 Å². The maximum absolute atomic E-state index is 13.2. The average molecular weight is 438 g/mol. The highest BCUT2D eigenvalue weighted by Crippen LogP contribution is 2.34. The van der Waals surface area contributed by atoms with Crippen LogP contribution in [0.5, 0.6) is 0 Å². The molecule has 1 aromatic heterocycles. The van der Waals surface area contributed by atoms with E-state index >= 15 is 0 Å². The number of amides is 1. The van der Waals surface area contributed by atoms with Crippen molar-refractivity contribution in [1.29, 1.82) is 0 Å². The lowest BCUT2D eigenvalue weighted by molar-refractivity contribution is -0.137. The van der Waals surface area contributed by atoms with Crippen molar-refractivity contribution in [3.63, 3.8) is 0 Å². The van der Waals surface area contributed by atoms with E-state index in [9.17, 15) is 22.8 Å². The second-order valence-corrected chi connectivity index (χ2v) is 6.97. The van der Waals surface area contributed by atoms with Crippen molar-refractivity contribution in [2.75, 3.05) is 5.43 Å². The molecular formula is C23H17F3N4O2. The van der Waals surface area contributed by atoms with Gasteiger partial charge in [-0.3, -0.25) is 20.4 Å². The number of aromatic nitrogens is 2. The summed E-state index contributed by atoms with van der Waals surface area (Å²) in [4.78, 5) is 25.7. The molecule has 0 fully saturated rings. The number of alkyl halides is 3. The molecular weight excluding hydrogens is 421 g/mol. The van der Waals surface area contributed by atoms with Crippen LogP contribution in [0.4, 0.5) is 18.9 Å². The molecule has 6 nitrogen and oxygen atoms in total. The van der Waals surface area contributed by atoms with Crippen LogP contribution in [0.2, 0.25) is 0 Å². The minimum Gasteiger partial charge on any atom is -0.298 e. The van der Waals surface area contributed by atoms with Crippen molar-refractivity contribution in [2.45, 2.75) is 12.7 Å². The Bertz CT molecular complexity index is 1330. The summed E-state index contributed by atoms with van der Waals surface area (Å²) < 4.78 is 40.8. The molecule has 0 aliphatic rings. The van der Waals surface area contributed by atoms with Gasteiger partial charge in [-0.25, -0.2) is 4.68 Å². The Morgan fingerprint density at radius 1 is 0.875 bits per heavy atom. The number of nitrogens with one attached hydrogen (secondary N) is 2. The zero-order chi connectivity index (χ0) is 22.7. The molecule has 0 atom stereocenters. The highest BCUT2D eigenvalue weighted by atomic mass is 19.4. The van der Waals surface area contributed by atoms with Crippen LogP contribution in [0, 0.1) is 0 Å². The molecule has 3 aromatic carbocycles. The van der Waals surface area contributed by atoms with Crippen molar-refractivity contribution in [1.82, 2.24) is 15.2 Å². The Kier molecular flexibility index (Phi) is 5.63. The van der Waals surface area contributed by atoms with Gasteiger partial charge >= 0.3 is 6.18 Å². The number of hydrogen-bond donors (Lipinski definition) is 2. The number of rotatable bonds is 5. The van der Waals surface area contributed by atoms with Crippen LogP contribution in [-0.2, 0) is 12.7 Å². The number of benzene rings is 3. The van der Waals surface area contributed by atoms with E-state index in [1.807, 2.05) is 30.3 Å². The topological polar surface area (TPSA) is 76.0 Å². The van der Waals surface area contributed by atoms with Gasteiger partial charge in [-0.05, 0) is 23.8 Å². The maximum atomic E-state index is 13.2. The van der Waals surface area contributed by atoms with Crippen LogP contribution in [0.3, 0.4) is 0 Å². The van der Waals surface area contributed by atoms with Gasteiger partial charge in [0.05, 0.1) is 23.2 Å². The zero-order valence-corrected chi connectivity index (χ0v) is 16.6. The van der Waals surface area contributed by atoms with Gasteiger partial charge in [0.25, 0.3) is 11.5 Å². The molecule has 0 saturated heterocycles. The minimum atomic E-state index is -4.60. The molecule has 0 bridgehead atoms. The van der Waals surface area contributed by atoms with Crippen molar-refractivity contribution in [2.24, 2.45) is 0 Å². The summed E-state index contributed by atoms with van der Waals surface area (Å²) in [5.41, 5.74) is 3.69. The number of anilines is 1. The van der Waals surface area contributed by atoms with E-state index < -0.39 is 17.6 Å². The lowest BCUT2D eigenvalue weighted by atomic mass is 10.1. The van der Waals surface area contributed by atoms with E-state index in [2.05, 4.69) is 16.0 Å². The molecule has 0 aliphatic heterocycles. The summed E-state index contributed by atoms with van der Waals surface area (Å²) in [6.45, 7) is 0.134. The quantitative estimate of drug-likeness (QED) is 0.458. The van der Waals surface area contributed by atoms with E-state index in [-0.39, 0.29) is 28.9 Å². The molecule has 162 valence electrons. The summed E-state index contributed by atoms with van der Waals surface area (Å²) in [6, 6.07) is 20.3. The first-order valence-electron chi connectivity index (χ1n) is 9.61. The van der Waals surface area contributed by atoms with Gasteiger partial charge in [-0.2, -0.15) is 18.3 Å². The van der Waals surface area contributed by atoms with Crippen LogP contribution < -0.4 is 16.4 Å². The Labute approximate surface area is 180 Å².